The zero-order valence-corrected chi connectivity index (χ0v) is 6.96. The van der Waals surface area contributed by atoms with E-state index in [-0.39, 0.29) is 5.97 Å². The third-order valence-electron chi connectivity index (χ3n) is 1.77. The van der Waals surface area contributed by atoms with Crippen LogP contribution in [0.1, 0.15) is 13.8 Å². The number of morpholine rings is 1. The molecule has 0 spiro atoms. The second-order valence-electron chi connectivity index (χ2n) is 2.87. The Kier molecular flexibility index (Phi) is 2.17. The van der Waals surface area contributed by atoms with Crippen LogP contribution < -0.4 is 0 Å². The van der Waals surface area contributed by atoms with Gasteiger partial charge in [0.05, 0.1) is 6.54 Å². The Labute approximate surface area is 66.6 Å². The predicted octanol–water partition coefficient (Wildman–Crippen LogP) is 0.767. The van der Waals surface area contributed by atoms with Gasteiger partial charge in [-0.2, -0.15) is 0 Å². The van der Waals surface area contributed by atoms with Gasteiger partial charge in [-0.25, -0.2) is 4.79 Å². The van der Waals surface area contributed by atoms with E-state index in [9.17, 15) is 4.79 Å². The van der Waals surface area contributed by atoms with Crippen molar-refractivity contribution in [2.45, 2.75) is 19.9 Å². The smallest absolute Gasteiger partial charge is 0.354 e. The van der Waals surface area contributed by atoms with Crippen LogP contribution in [0.15, 0.2) is 12.3 Å². The van der Waals surface area contributed by atoms with Crippen molar-refractivity contribution in [2.75, 3.05) is 13.2 Å². The Morgan fingerprint density at radius 1 is 1.64 bits per heavy atom. The van der Waals surface area contributed by atoms with Crippen molar-refractivity contribution in [3.63, 3.8) is 0 Å². The van der Waals surface area contributed by atoms with E-state index in [1.165, 1.54) is 0 Å². The lowest BCUT2D eigenvalue weighted by Gasteiger charge is -2.32. The molecule has 0 aromatic carbocycles. The fourth-order valence-corrected chi connectivity index (χ4v) is 1.14. The maximum absolute atomic E-state index is 10.9. The number of ether oxygens (including phenoxy) is 1. The van der Waals surface area contributed by atoms with Crippen LogP contribution in [0, 0.1) is 0 Å². The van der Waals surface area contributed by atoms with Gasteiger partial charge in [-0.1, -0.05) is 6.58 Å². The number of esters is 1. The van der Waals surface area contributed by atoms with Crippen LogP contribution in [0.5, 0.6) is 0 Å². The van der Waals surface area contributed by atoms with E-state index in [0.717, 1.165) is 6.54 Å². The first-order valence-corrected chi connectivity index (χ1v) is 3.75. The van der Waals surface area contributed by atoms with Crippen molar-refractivity contribution in [1.29, 1.82) is 0 Å². The van der Waals surface area contributed by atoms with E-state index in [1.807, 2.05) is 18.7 Å². The molecule has 0 aliphatic carbocycles. The van der Waals surface area contributed by atoms with Gasteiger partial charge < -0.3 is 9.64 Å². The molecule has 1 rings (SSSR count). The number of nitrogens with zero attached hydrogens (tertiary/aromatic N) is 1. The summed E-state index contributed by atoms with van der Waals surface area (Å²) in [6.45, 7) is 8.96. The molecule has 0 saturated carbocycles. The minimum Gasteiger partial charge on any atom is -0.459 e. The van der Waals surface area contributed by atoms with Crippen molar-refractivity contribution >= 4 is 5.97 Å². The van der Waals surface area contributed by atoms with Gasteiger partial charge >= 0.3 is 5.97 Å². The van der Waals surface area contributed by atoms with E-state index in [0.29, 0.717) is 18.3 Å². The van der Waals surface area contributed by atoms with Crippen molar-refractivity contribution in [3.8, 4) is 0 Å². The molecule has 0 N–H and O–H groups in total. The number of hydrogen-bond acceptors (Lipinski definition) is 3. The monoisotopic (exact) mass is 155 g/mol. The second kappa shape index (κ2) is 2.95. The van der Waals surface area contributed by atoms with Crippen LogP contribution in [0.25, 0.3) is 0 Å². The van der Waals surface area contributed by atoms with Crippen LogP contribution in [0.4, 0.5) is 0 Å². The third-order valence-corrected chi connectivity index (χ3v) is 1.77. The van der Waals surface area contributed by atoms with Gasteiger partial charge in [-0.15, -0.1) is 0 Å². The van der Waals surface area contributed by atoms with Crippen LogP contribution in [0.2, 0.25) is 0 Å². The van der Waals surface area contributed by atoms with Gasteiger partial charge in [-0.3, -0.25) is 0 Å². The van der Waals surface area contributed by atoms with E-state index in [1.54, 1.807) is 0 Å². The summed E-state index contributed by atoms with van der Waals surface area (Å²) in [4.78, 5) is 12.9. The molecular weight excluding hydrogens is 142 g/mol. The molecule has 3 nitrogen and oxygen atoms in total. The van der Waals surface area contributed by atoms with E-state index in [2.05, 4.69) is 6.58 Å². The molecule has 0 radical (unpaired) electrons. The summed E-state index contributed by atoms with van der Waals surface area (Å²) in [6, 6.07) is 0.329. The Morgan fingerprint density at radius 2 is 2.27 bits per heavy atom. The Morgan fingerprint density at radius 3 is 2.73 bits per heavy atom. The van der Waals surface area contributed by atoms with Gasteiger partial charge in [0.1, 0.15) is 12.3 Å². The van der Waals surface area contributed by atoms with Crippen LogP contribution in [0.3, 0.4) is 0 Å². The molecule has 0 aromatic heterocycles. The number of carbonyl (C=O) groups is 1. The molecule has 1 saturated heterocycles. The summed E-state index contributed by atoms with van der Waals surface area (Å²) >= 11 is 0. The predicted molar refractivity (Wildman–Crippen MR) is 41.9 cm³/mol. The Hall–Kier alpha value is -0.990. The summed E-state index contributed by atoms with van der Waals surface area (Å²) in [5.74, 6) is -0.287. The SMILES string of the molecule is C=C1C(=O)OCCN1C(C)C. The van der Waals surface area contributed by atoms with Crippen molar-refractivity contribution in [3.05, 3.63) is 12.3 Å². The average Bonchev–Trinajstić information content (AvgIpc) is 1.94. The van der Waals surface area contributed by atoms with E-state index in [4.69, 9.17) is 4.74 Å². The summed E-state index contributed by atoms with van der Waals surface area (Å²) in [7, 11) is 0. The number of carbonyl (C=O) groups excluding carboxylic acids is 1. The largest absolute Gasteiger partial charge is 0.459 e. The molecule has 3 heteroatoms. The molecule has 11 heavy (non-hydrogen) atoms. The minimum atomic E-state index is -0.287. The first-order chi connectivity index (χ1) is 5.13. The zero-order chi connectivity index (χ0) is 8.43. The topological polar surface area (TPSA) is 29.5 Å². The molecular formula is C8H13NO2. The number of cyclic esters (lactones) is 1. The van der Waals surface area contributed by atoms with Crippen molar-refractivity contribution in [2.24, 2.45) is 0 Å². The molecule has 0 bridgehead atoms. The van der Waals surface area contributed by atoms with Gasteiger partial charge in [0.2, 0.25) is 0 Å². The van der Waals surface area contributed by atoms with Gasteiger partial charge in [0.25, 0.3) is 0 Å². The normalized spacial score (nSPS) is 19.0. The lowest BCUT2D eigenvalue weighted by atomic mass is 10.2. The number of rotatable bonds is 1. The van der Waals surface area contributed by atoms with Gasteiger partial charge in [0.15, 0.2) is 0 Å². The van der Waals surface area contributed by atoms with Gasteiger partial charge in [-0.05, 0) is 13.8 Å². The molecule has 1 fully saturated rings. The van der Waals surface area contributed by atoms with E-state index >= 15 is 0 Å². The summed E-state index contributed by atoms with van der Waals surface area (Å²) < 4.78 is 4.79. The van der Waals surface area contributed by atoms with Crippen LogP contribution in [-0.4, -0.2) is 30.1 Å². The van der Waals surface area contributed by atoms with Crippen molar-refractivity contribution in [1.82, 2.24) is 4.90 Å². The van der Waals surface area contributed by atoms with E-state index < -0.39 is 0 Å². The molecule has 0 unspecified atom stereocenters. The molecule has 0 amide bonds. The maximum Gasteiger partial charge on any atom is 0.354 e. The Balaban J connectivity index is 2.66. The highest BCUT2D eigenvalue weighted by Gasteiger charge is 2.23. The molecule has 62 valence electrons. The highest BCUT2D eigenvalue weighted by Crippen LogP contribution is 2.12. The first-order valence-electron chi connectivity index (χ1n) is 3.75. The van der Waals surface area contributed by atoms with Crippen LogP contribution in [-0.2, 0) is 9.53 Å². The molecule has 1 heterocycles. The fourth-order valence-electron chi connectivity index (χ4n) is 1.14. The molecule has 1 aliphatic rings. The Bertz CT molecular complexity index is 187. The second-order valence-corrected chi connectivity index (χ2v) is 2.87. The quantitative estimate of drug-likeness (QED) is 0.413. The minimum absolute atomic E-state index is 0.287. The standard InChI is InChI=1S/C8H13NO2/c1-6(2)9-4-5-11-8(10)7(9)3/h6H,3-5H2,1-2H3. The van der Waals surface area contributed by atoms with Crippen LogP contribution >= 0.6 is 0 Å². The fraction of sp³-hybridized carbons (Fsp3) is 0.625. The summed E-state index contributed by atoms with van der Waals surface area (Å²) in [5, 5.41) is 0. The molecule has 0 atom stereocenters. The molecule has 0 aromatic rings. The lowest BCUT2D eigenvalue weighted by molar-refractivity contribution is -0.145. The zero-order valence-electron chi connectivity index (χ0n) is 6.96. The summed E-state index contributed by atoms with van der Waals surface area (Å²) in [6.07, 6.45) is 0. The highest BCUT2D eigenvalue weighted by molar-refractivity contribution is 5.87. The molecule has 1 aliphatic heterocycles. The average molecular weight is 155 g/mol. The first kappa shape index (κ1) is 8.11. The summed E-state index contributed by atoms with van der Waals surface area (Å²) in [5.41, 5.74) is 0.478. The highest BCUT2D eigenvalue weighted by atomic mass is 16.5. The number of hydrogen-bond donors (Lipinski definition) is 0. The van der Waals surface area contributed by atoms with Gasteiger partial charge in [0, 0.05) is 6.04 Å². The lowest BCUT2D eigenvalue weighted by Crippen LogP contribution is -2.41. The van der Waals surface area contributed by atoms with Crippen molar-refractivity contribution < 1.29 is 9.53 Å². The third kappa shape index (κ3) is 1.53. The maximum atomic E-state index is 10.9.